The third-order valence-corrected chi connectivity index (χ3v) is 8.98. The number of thioether (sulfide) groups is 1. The van der Waals surface area contributed by atoms with E-state index in [9.17, 15) is 14.4 Å². The quantitative estimate of drug-likeness (QED) is 0.387. The van der Waals surface area contributed by atoms with E-state index in [0.717, 1.165) is 17.6 Å². The van der Waals surface area contributed by atoms with Gasteiger partial charge in [-0.25, -0.2) is 0 Å². The van der Waals surface area contributed by atoms with Crippen molar-refractivity contribution in [3.63, 3.8) is 0 Å². The highest BCUT2D eigenvalue weighted by molar-refractivity contribution is 7.99. The van der Waals surface area contributed by atoms with E-state index >= 15 is 0 Å². The molecule has 1 aromatic rings. The van der Waals surface area contributed by atoms with Crippen molar-refractivity contribution < 1.29 is 28.8 Å². The number of carboxylic acids is 1. The van der Waals surface area contributed by atoms with Crippen LogP contribution in [0.3, 0.4) is 0 Å². The molecule has 4 saturated carbocycles. The highest BCUT2D eigenvalue weighted by Crippen LogP contribution is 2.53. The lowest BCUT2D eigenvalue weighted by molar-refractivity contribution is -0.140. The third-order valence-electron chi connectivity index (χ3n) is 7.50. The third kappa shape index (κ3) is 5.95. The van der Waals surface area contributed by atoms with E-state index in [1.54, 1.807) is 13.8 Å². The van der Waals surface area contributed by atoms with Gasteiger partial charge in [0.25, 0.3) is 11.8 Å². The first-order valence-electron chi connectivity index (χ1n) is 12.6. The molecule has 5 rings (SSSR count). The molecular formula is C25H37N3O6S. The molecule has 9 nitrogen and oxygen atoms in total. The second kappa shape index (κ2) is 10.4. The Morgan fingerprint density at radius 1 is 1.14 bits per heavy atom. The van der Waals surface area contributed by atoms with Crippen molar-refractivity contribution in [2.75, 3.05) is 18.9 Å². The number of carboxylic acid groups (broad SMARTS) is 1. The SMILES string of the molecule is CC(C)CSc1c(OCC(C)(C)C(=O)NCC(=O)O)noc1C(=O)NC1C2CC3CC(C2)CC1C3. The van der Waals surface area contributed by atoms with Gasteiger partial charge in [0.1, 0.15) is 18.0 Å². The minimum Gasteiger partial charge on any atom is -0.480 e. The maximum atomic E-state index is 13.3. The minimum atomic E-state index is -1.12. The van der Waals surface area contributed by atoms with Gasteiger partial charge in [-0.05, 0) is 80.7 Å². The van der Waals surface area contributed by atoms with Crippen LogP contribution in [0.1, 0.15) is 70.4 Å². The zero-order valence-corrected chi connectivity index (χ0v) is 21.8. The van der Waals surface area contributed by atoms with E-state index in [2.05, 4.69) is 29.6 Å². The predicted octanol–water partition coefficient (Wildman–Crippen LogP) is 3.58. The standard InChI is InChI=1S/C25H37N3O6S/c1-13(2)11-35-21-20(22(31)27-19-16-6-14-5-15(8-16)9-17(19)7-14)34-28-23(21)33-12-25(3,4)24(32)26-10-18(29)30/h13-17,19H,5-12H2,1-4H3,(H,26,32)(H,27,31)(H,29,30). The summed E-state index contributed by atoms with van der Waals surface area (Å²) < 4.78 is 11.4. The van der Waals surface area contributed by atoms with E-state index in [1.165, 1.54) is 43.9 Å². The van der Waals surface area contributed by atoms with Crippen LogP contribution in [0.5, 0.6) is 5.88 Å². The molecule has 0 aromatic carbocycles. The molecule has 1 heterocycles. The Morgan fingerprint density at radius 3 is 2.34 bits per heavy atom. The number of carbonyl (C=O) groups excluding carboxylic acids is 2. The summed E-state index contributed by atoms with van der Waals surface area (Å²) in [6.45, 7) is 6.99. The molecule has 4 fully saturated rings. The van der Waals surface area contributed by atoms with E-state index in [1.807, 2.05) is 0 Å². The number of rotatable bonds is 11. The maximum Gasteiger partial charge on any atom is 0.322 e. The molecule has 0 atom stereocenters. The van der Waals surface area contributed by atoms with Crippen LogP contribution in [0.25, 0.3) is 0 Å². The van der Waals surface area contributed by atoms with Gasteiger partial charge < -0.3 is 25.0 Å². The van der Waals surface area contributed by atoms with Gasteiger partial charge in [0.05, 0.1) is 5.41 Å². The van der Waals surface area contributed by atoms with Gasteiger partial charge in [-0.2, -0.15) is 0 Å². The largest absolute Gasteiger partial charge is 0.480 e. The Bertz CT molecular complexity index is 931. The first-order chi connectivity index (χ1) is 16.5. The van der Waals surface area contributed by atoms with Crippen LogP contribution < -0.4 is 15.4 Å². The van der Waals surface area contributed by atoms with Gasteiger partial charge in [0.2, 0.25) is 11.7 Å². The van der Waals surface area contributed by atoms with Crippen molar-refractivity contribution >= 4 is 29.5 Å². The fraction of sp³-hybridized carbons (Fsp3) is 0.760. The molecule has 10 heteroatoms. The Balaban J connectivity index is 1.45. The number of nitrogens with one attached hydrogen (secondary N) is 2. The molecule has 4 bridgehead atoms. The second-order valence-corrected chi connectivity index (χ2v) is 12.6. The molecule has 35 heavy (non-hydrogen) atoms. The van der Waals surface area contributed by atoms with E-state index in [-0.39, 0.29) is 30.2 Å². The molecule has 4 aliphatic rings. The van der Waals surface area contributed by atoms with Crippen molar-refractivity contribution in [3.8, 4) is 5.88 Å². The lowest BCUT2D eigenvalue weighted by atomic mass is 9.54. The normalized spacial score (nSPS) is 27.2. The Labute approximate surface area is 210 Å². The number of carbonyl (C=O) groups is 3. The highest BCUT2D eigenvalue weighted by Gasteiger charge is 2.49. The number of ether oxygens (including phenoxy) is 1. The molecule has 0 aliphatic heterocycles. The summed E-state index contributed by atoms with van der Waals surface area (Å²) in [5.74, 6) is 2.39. The summed E-state index contributed by atoms with van der Waals surface area (Å²) in [7, 11) is 0. The monoisotopic (exact) mass is 507 g/mol. The fourth-order valence-electron chi connectivity index (χ4n) is 5.97. The topological polar surface area (TPSA) is 131 Å². The highest BCUT2D eigenvalue weighted by atomic mass is 32.2. The number of hydrogen-bond acceptors (Lipinski definition) is 7. The number of hydrogen-bond donors (Lipinski definition) is 3. The van der Waals surface area contributed by atoms with E-state index in [0.29, 0.717) is 22.6 Å². The first-order valence-corrected chi connectivity index (χ1v) is 13.6. The van der Waals surface area contributed by atoms with Crippen LogP contribution in [-0.4, -0.2) is 53.0 Å². The Kier molecular flexibility index (Phi) is 7.68. The summed E-state index contributed by atoms with van der Waals surface area (Å²) in [5.41, 5.74) is -1.00. The molecule has 0 saturated heterocycles. The predicted molar refractivity (Wildman–Crippen MR) is 130 cm³/mol. The van der Waals surface area contributed by atoms with Crippen molar-refractivity contribution in [2.24, 2.45) is 35.0 Å². The second-order valence-electron chi connectivity index (χ2n) is 11.5. The average Bonchev–Trinajstić information content (AvgIpc) is 3.19. The fourth-order valence-corrected chi connectivity index (χ4v) is 6.95. The van der Waals surface area contributed by atoms with Gasteiger partial charge >= 0.3 is 5.97 Å². The molecule has 3 N–H and O–H groups in total. The number of nitrogens with zero attached hydrogens (tertiary/aromatic N) is 1. The molecule has 0 unspecified atom stereocenters. The summed E-state index contributed by atoms with van der Waals surface area (Å²) in [6, 6.07) is 0.185. The number of amides is 2. The molecule has 0 radical (unpaired) electrons. The van der Waals surface area contributed by atoms with E-state index in [4.69, 9.17) is 14.4 Å². The lowest BCUT2D eigenvalue weighted by Gasteiger charge is -2.54. The summed E-state index contributed by atoms with van der Waals surface area (Å²) >= 11 is 1.46. The first kappa shape index (κ1) is 25.9. The molecule has 4 aliphatic carbocycles. The van der Waals surface area contributed by atoms with Crippen LogP contribution in [0.2, 0.25) is 0 Å². The van der Waals surface area contributed by atoms with Crippen LogP contribution >= 0.6 is 11.8 Å². The van der Waals surface area contributed by atoms with E-state index < -0.39 is 23.8 Å². The Hall–Kier alpha value is -2.23. The lowest BCUT2D eigenvalue weighted by Crippen LogP contribution is -2.55. The smallest absolute Gasteiger partial charge is 0.322 e. The molecule has 1 aromatic heterocycles. The van der Waals surface area contributed by atoms with Gasteiger partial charge in [-0.15, -0.1) is 11.8 Å². The van der Waals surface area contributed by atoms with Crippen molar-refractivity contribution in [2.45, 2.75) is 70.7 Å². The molecule has 194 valence electrons. The van der Waals surface area contributed by atoms with Gasteiger partial charge in [0.15, 0.2) is 0 Å². The van der Waals surface area contributed by atoms with Crippen molar-refractivity contribution in [1.29, 1.82) is 0 Å². The van der Waals surface area contributed by atoms with Crippen molar-refractivity contribution in [3.05, 3.63) is 5.76 Å². The summed E-state index contributed by atoms with van der Waals surface area (Å²) in [5, 5.41) is 18.5. The van der Waals surface area contributed by atoms with Gasteiger partial charge in [-0.3, -0.25) is 14.4 Å². The molecular weight excluding hydrogens is 470 g/mol. The minimum absolute atomic E-state index is 0.0448. The molecule has 0 spiro atoms. The van der Waals surface area contributed by atoms with Crippen LogP contribution in [0.15, 0.2) is 9.42 Å². The van der Waals surface area contributed by atoms with Crippen LogP contribution in [-0.2, 0) is 9.59 Å². The molecule has 2 amide bonds. The maximum absolute atomic E-state index is 13.3. The number of aromatic nitrogens is 1. The van der Waals surface area contributed by atoms with Crippen LogP contribution in [0.4, 0.5) is 0 Å². The number of aliphatic carboxylic acids is 1. The van der Waals surface area contributed by atoms with Crippen LogP contribution in [0, 0.1) is 35.0 Å². The average molecular weight is 508 g/mol. The van der Waals surface area contributed by atoms with Gasteiger partial charge in [0, 0.05) is 11.8 Å². The summed E-state index contributed by atoms with van der Waals surface area (Å²) in [6.07, 6.45) is 6.18. The van der Waals surface area contributed by atoms with Crippen molar-refractivity contribution in [1.82, 2.24) is 15.8 Å². The Morgan fingerprint density at radius 2 is 1.77 bits per heavy atom. The zero-order chi connectivity index (χ0) is 25.3. The zero-order valence-electron chi connectivity index (χ0n) is 21.0. The van der Waals surface area contributed by atoms with Gasteiger partial charge in [-0.1, -0.05) is 13.8 Å². The summed E-state index contributed by atoms with van der Waals surface area (Å²) in [4.78, 5) is 37.0.